The Balaban J connectivity index is 2.57. The molecule has 0 saturated heterocycles. The van der Waals surface area contributed by atoms with Gasteiger partial charge in [-0.2, -0.15) is 0 Å². The molecule has 1 unspecified atom stereocenters. The van der Waals surface area contributed by atoms with E-state index in [1.165, 1.54) is 7.11 Å². The number of aliphatic imine (C=N–C) groups is 1. The van der Waals surface area contributed by atoms with Gasteiger partial charge in [0.15, 0.2) is 0 Å². The number of halogens is 2. The number of esters is 1. The van der Waals surface area contributed by atoms with Gasteiger partial charge in [-0.1, -0.05) is 35.3 Å². The van der Waals surface area contributed by atoms with Crippen molar-refractivity contribution in [3.05, 3.63) is 45.1 Å². The van der Waals surface area contributed by atoms with E-state index in [-0.39, 0.29) is 11.9 Å². The van der Waals surface area contributed by atoms with Crippen LogP contribution >= 0.6 is 23.2 Å². The molecule has 1 heterocycles. The second-order valence-corrected chi connectivity index (χ2v) is 5.52. The average molecular weight is 312 g/mol. The predicted molar refractivity (Wildman–Crippen MR) is 81.6 cm³/mol. The highest BCUT2D eigenvalue weighted by molar-refractivity contribution is 6.42. The van der Waals surface area contributed by atoms with Gasteiger partial charge in [0.1, 0.15) is 0 Å². The number of carbonyl (C=O) groups is 1. The standard InChI is InChI=1S/C15H15Cl2NO2/c1-8-7-11(10-5-4-6-12(16)14(10)17)13(9(2)18-8)15(19)20-3/h4-6,11H,7H2,1-3H3. The number of carbonyl (C=O) groups excluding carboxylic acids is 1. The Bertz CT molecular complexity index is 620. The van der Waals surface area contributed by atoms with Crippen LogP contribution in [0, 0.1) is 0 Å². The first-order chi connectivity index (χ1) is 9.45. The number of allylic oxidation sites excluding steroid dienone is 1. The lowest BCUT2D eigenvalue weighted by atomic mass is 9.84. The van der Waals surface area contributed by atoms with Crippen LogP contribution in [0.5, 0.6) is 0 Å². The first kappa shape index (κ1) is 15.1. The Hall–Kier alpha value is -1.32. The van der Waals surface area contributed by atoms with Gasteiger partial charge in [0.05, 0.1) is 22.7 Å². The van der Waals surface area contributed by atoms with Crippen LogP contribution in [0.3, 0.4) is 0 Å². The third kappa shape index (κ3) is 2.74. The van der Waals surface area contributed by atoms with Crippen LogP contribution in [0.1, 0.15) is 31.7 Å². The molecule has 0 N–H and O–H groups in total. The fraction of sp³-hybridized carbons (Fsp3) is 0.333. The Labute approximate surface area is 128 Å². The van der Waals surface area contributed by atoms with E-state index in [1.807, 2.05) is 19.1 Å². The summed E-state index contributed by atoms with van der Waals surface area (Å²) in [6, 6.07) is 5.44. The zero-order valence-corrected chi connectivity index (χ0v) is 13.0. The molecule has 20 heavy (non-hydrogen) atoms. The normalized spacial score (nSPS) is 18.9. The summed E-state index contributed by atoms with van der Waals surface area (Å²) in [5, 5.41) is 0.953. The fourth-order valence-corrected chi connectivity index (χ4v) is 2.94. The number of hydrogen-bond donors (Lipinski definition) is 0. The summed E-state index contributed by atoms with van der Waals surface area (Å²) in [6.45, 7) is 3.74. The molecule has 5 heteroatoms. The van der Waals surface area contributed by atoms with Crippen LogP contribution < -0.4 is 0 Å². The van der Waals surface area contributed by atoms with Gasteiger partial charge >= 0.3 is 5.97 Å². The molecule has 1 aromatic rings. The van der Waals surface area contributed by atoms with Gasteiger partial charge in [0.25, 0.3) is 0 Å². The summed E-state index contributed by atoms with van der Waals surface area (Å²) >= 11 is 12.4. The molecule has 0 amide bonds. The van der Waals surface area contributed by atoms with Crippen molar-refractivity contribution < 1.29 is 9.53 Å². The number of hydrogen-bond acceptors (Lipinski definition) is 3. The molecular formula is C15H15Cl2NO2. The Morgan fingerprint density at radius 3 is 2.70 bits per heavy atom. The van der Waals surface area contributed by atoms with Crippen molar-refractivity contribution in [3.8, 4) is 0 Å². The van der Waals surface area contributed by atoms with Gasteiger partial charge in [-0.05, 0) is 31.9 Å². The molecule has 3 nitrogen and oxygen atoms in total. The molecule has 0 radical (unpaired) electrons. The lowest BCUT2D eigenvalue weighted by Gasteiger charge is -2.25. The summed E-state index contributed by atoms with van der Waals surface area (Å²) in [5.74, 6) is -0.550. The highest BCUT2D eigenvalue weighted by Crippen LogP contribution is 2.40. The molecule has 2 rings (SSSR count). The van der Waals surface area contributed by atoms with Gasteiger partial charge in [-0.3, -0.25) is 4.99 Å². The van der Waals surface area contributed by atoms with Crippen molar-refractivity contribution in [1.29, 1.82) is 0 Å². The zero-order chi connectivity index (χ0) is 14.9. The summed E-state index contributed by atoms with van der Waals surface area (Å²) in [6.07, 6.45) is 0.627. The SMILES string of the molecule is COC(=O)C1=C(C)N=C(C)CC1c1cccc(Cl)c1Cl. The van der Waals surface area contributed by atoms with Gasteiger partial charge in [-0.15, -0.1) is 0 Å². The molecule has 1 aliphatic heterocycles. The highest BCUT2D eigenvalue weighted by atomic mass is 35.5. The zero-order valence-electron chi connectivity index (χ0n) is 11.5. The number of ether oxygens (including phenoxy) is 1. The van der Waals surface area contributed by atoms with Crippen LogP contribution in [0.2, 0.25) is 10.0 Å². The summed E-state index contributed by atoms with van der Waals surface area (Å²) in [5.41, 5.74) is 2.99. The van der Waals surface area contributed by atoms with E-state index in [2.05, 4.69) is 4.99 Å². The molecule has 0 fully saturated rings. The van der Waals surface area contributed by atoms with Gasteiger partial charge < -0.3 is 4.74 Å². The minimum atomic E-state index is -0.375. The second kappa shape index (κ2) is 5.98. The fourth-order valence-electron chi connectivity index (χ4n) is 2.50. The molecule has 0 aromatic heterocycles. The summed E-state index contributed by atoms with van der Waals surface area (Å²) in [7, 11) is 1.37. The number of nitrogens with zero attached hydrogens (tertiary/aromatic N) is 1. The molecule has 106 valence electrons. The van der Waals surface area contributed by atoms with Crippen molar-refractivity contribution in [2.45, 2.75) is 26.2 Å². The summed E-state index contributed by atoms with van der Waals surface area (Å²) < 4.78 is 4.88. The second-order valence-electron chi connectivity index (χ2n) is 4.74. The topological polar surface area (TPSA) is 38.7 Å². The molecule has 0 bridgehead atoms. The third-order valence-corrected chi connectivity index (χ3v) is 4.19. The Kier molecular flexibility index (Phi) is 4.51. The monoisotopic (exact) mass is 311 g/mol. The maximum Gasteiger partial charge on any atom is 0.336 e. The van der Waals surface area contributed by atoms with Gasteiger partial charge in [-0.25, -0.2) is 4.79 Å². The number of rotatable bonds is 2. The minimum Gasteiger partial charge on any atom is -0.466 e. The lowest BCUT2D eigenvalue weighted by Crippen LogP contribution is -2.21. The van der Waals surface area contributed by atoms with Crippen LogP contribution in [-0.2, 0) is 9.53 Å². The first-order valence-electron chi connectivity index (χ1n) is 6.22. The van der Waals surface area contributed by atoms with E-state index in [4.69, 9.17) is 27.9 Å². The molecular weight excluding hydrogens is 297 g/mol. The summed E-state index contributed by atoms with van der Waals surface area (Å²) in [4.78, 5) is 16.4. The van der Waals surface area contributed by atoms with E-state index in [0.717, 1.165) is 11.3 Å². The smallest absolute Gasteiger partial charge is 0.336 e. The lowest BCUT2D eigenvalue weighted by molar-refractivity contribution is -0.136. The van der Waals surface area contributed by atoms with Crippen molar-refractivity contribution in [1.82, 2.24) is 0 Å². The average Bonchev–Trinajstić information content (AvgIpc) is 2.40. The van der Waals surface area contributed by atoms with Crippen molar-refractivity contribution in [2.24, 2.45) is 4.99 Å². The molecule has 0 aliphatic carbocycles. The molecule has 1 aromatic carbocycles. The molecule has 0 spiro atoms. The Morgan fingerprint density at radius 2 is 2.05 bits per heavy atom. The van der Waals surface area contributed by atoms with E-state index in [0.29, 0.717) is 27.7 Å². The number of methoxy groups -OCH3 is 1. The third-order valence-electron chi connectivity index (χ3n) is 3.36. The van der Waals surface area contributed by atoms with E-state index >= 15 is 0 Å². The van der Waals surface area contributed by atoms with E-state index < -0.39 is 0 Å². The van der Waals surface area contributed by atoms with Crippen molar-refractivity contribution in [2.75, 3.05) is 7.11 Å². The van der Waals surface area contributed by atoms with Crippen LogP contribution in [0.4, 0.5) is 0 Å². The molecule has 1 atom stereocenters. The van der Waals surface area contributed by atoms with Crippen LogP contribution in [0.25, 0.3) is 0 Å². The largest absolute Gasteiger partial charge is 0.466 e. The molecule has 1 aliphatic rings. The number of benzene rings is 1. The Morgan fingerprint density at radius 1 is 1.35 bits per heavy atom. The van der Waals surface area contributed by atoms with Crippen LogP contribution in [-0.4, -0.2) is 18.8 Å². The van der Waals surface area contributed by atoms with Gasteiger partial charge in [0.2, 0.25) is 0 Å². The predicted octanol–water partition coefficient (Wildman–Crippen LogP) is 4.39. The minimum absolute atomic E-state index is 0.175. The van der Waals surface area contributed by atoms with E-state index in [1.54, 1.807) is 13.0 Å². The van der Waals surface area contributed by atoms with Crippen molar-refractivity contribution in [3.63, 3.8) is 0 Å². The quantitative estimate of drug-likeness (QED) is 0.760. The maximum atomic E-state index is 12.0. The maximum absolute atomic E-state index is 12.0. The van der Waals surface area contributed by atoms with E-state index in [9.17, 15) is 4.79 Å². The first-order valence-corrected chi connectivity index (χ1v) is 6.98. The van der Waals surface area contributed by atoms with Crippen molar-refractivity contribution >= 4 is 34.9 Å². The molecule has 0 saturated carbocycles. The van der Waals surface area contributed by atoms with Gasteiger partial charge in [0, 0.05) is 17.3 Å². The highest BCUT2D eigenvalue weighted by Gasteiger charge is 2.31. The van der Waals surface area contributed by atoms with Crippen LogP contribution in [0.15, 0.2) is 34.5 Å².